The Morgan fingerprint density at radius 2 is 2.19 bits per heavy atom. The molecule has 5 heteroatoms. The zero-order valence-corrected chi connectivity index (χ0v) is 12.2. The summed E-state index contributed by atoms with van der Waals surface area (Å²) in [6.45, 7) is 1.40. The molecular weight excluding hydrogens is 271 g/mol. The Balaban J connectivity index is 1.55. The van der Waals surface area contributed by atoms with E-state index in [1.807, 2.05) is 0 Å². The fourth-order valence-electron chi connectivity index (χ4n) is 2.31. The maximum atomic E-state index is 13.0. The van der Waals surface area contributed by atoms with Gasteiger partial charge in [-0.2, -0.15) is 0 Å². The second kappa shape index (κ2) is 7.98. The highest BCUT2D eigenvalue weighted by molar-refractivity contribution is 5.91. The van der Waals surface area contributed by atoms with Crippen LogP contribution in [0.4, 0.5) is 15.8 Å². The zero-order valence-electron chi connectivity index (χ0n) is 12.2. The number of nitrogens with one attached hydrogen (secondary N) is 1. The van der Waals surface area contributed by atoms with Crippen LogP contribution in [0.15, 0.2) is 18.2 Å². The molecule has 4 nitrogen and oxygen atoms in total. The molecule has 0 radical (unpaired) electrons. The van der Waals surface area contributed by atoms with Crippen molar-refractivity contribution < 1.29 is 13.9 Å². The molecule has 1 aromatic rings. The van der Waals surface area contributed by atoms with Gasteiger partial charge in [0.2, 0.25) is 5.91 Å². The van der Waals surface area contributed by atoms with E-state index in [9.17, 15) is 9.18 Å². The largest absolute Gasteiger partial charge is 0.396 e. The van der Waals surface area contributed by atoms with Crippen molar-refractivity contribution >= 4 is 17.3 Å². The number of nitrogen functional groups attached to an aromatic ring is 1. The van der Waals surface area contributed by atoms with Crippen molar-refractivity contribution in [3.05, 3.63) is 24.0 Å². The first-order valence-corrected chi connectivity index (χ1v) is 7.58. The number of carbonyl (C=O) groups is 1. The number of nitrogens with two attached hydrogens (primary N) is 1. The Kier molecular flexibility index (Phi) is 5.99. The number of rotatable bonds is 8. The van der Waals surface area contributed by atoms with Gasteiger partial charge in [-0.15, -0.1) is 0 Å². The van der Waals surface area contributed by atoms with Gasteiger partial charge in [-0.05, 0) is 37.0 Å². The molecule has 0 atom stereocenters. The first kappa shape index (κ1) is 15.8. The number of benzene rings is 1. The van der Waals surface area contributed by atoms with Crippen LogP contribution < -0.4 is 11.1 Å². The number of hydrogen-bond acceptors (Lipinski definition) is 3. The van der Waals surface area contributed by atoms with Crippen LogP contribution >= 0.6 is 0 Å². The fraction of sp³-hybridized carbons (Fsp3) is 0.562. The summed E-state index contributed by atoms with van der Waals surface area (Å²) >= 11 is 0. The highest BCUT2D eigenvalue weighted by Gasteiger charge is 2.16. The van der Waals surface area contributed by atoms with Crippen LogP contribution in [0.1, 0.15) is 38.5 Å². The van der Waals surface area contributed by atoms with Crippen LogP contribution in [0.2, 0.25) is 0 Å². The van der Waals surface area contributed by atoms with Crippen LogP contribution in [-0.2, 0) is 9.53 Å². The molecule has 0 saturated heterocycles. The minimum atomic E-state index is -0.479. The van der Waals surface area contributed by atoms with Gasteiger partial charge in [0, 0.05) is 25.3 Å². The smallest absolute Gasteiger partial charge is 0.224 e. The number of ether oxygens (including phenoxy) is 1. The molecule has 0 aliphatic heterocycles. The van der Waals surface area contributed by atoms with Crippen molar-refractivity contribution in [1.29, 1.82) is 0 Å². The summed E-state index contributed by atoms with van der Waals surface area (Å²) in [5.74, 6) is 0.272. The number of amides is 1. The SMILES string of the molecule is Nc1cc(NC(=O)CCCOCCC2CCC2)ccc1F. The van der Waals surface area contributed by atoms with Gasteiger partial charge < -0.3 is 15.8 Å². The molecule has 1 fully saturated rings. The Morgan fingerprint density at radius 3 is 2.86 bits per heavy atom. The monoisotopic (exact) mass is 294 g/mol. The van der Waals surface area contributed by atoms with Crippen LogP contribution in [0.25, 0.3) is 0 Å². The van der Waals surface area contributed by atoms with Gasteiger partial charge in [-0.1, -0.05) is 19.3 Å². The van der Waals surface area contributed by atoms with Gasteiger partial charge in [0.25, 0.3) is 0 Å². The van der Waals surface area contributed by atoms with Crippen LogP contribution in [0.5, 0.6) is 0 Å². The Hall–Kier alpha value is -1.62. The first-order chi connectivity index (χ1) is 10.1. The van der Waals surface area contributed by atoms with E-state index in [-0.39, 0.29) is 11.6 Å². The van der Waals surface area contributed by atoms with Gasteiger partial charge in [0.1, 0.15) is 5.82 Å². The number of halogens is 1. The lowest BCUT2D eigenvalue weighted by atomic mass is 9.83. The molecule has 3 N–H and O–H groups in total. The summed E-state index contributed by atoms with van der Waals surface area (Å²) in [4.78, 5) is 11.7. The Morgan fingerprint density at radius 1 is 1.38 bits per heavy atom. The maximum Gasteiger partial charge on any atom is 0.224 e. The summed E-state index contributed by atoms with van der Waals surface area (Å²) in [7, 11) is 0. The summed E-state index contributed by atoms with van der Waals surface area (Å²) in [6, 6.07) is 4.16. The molecule has 21 heavy (non-hydrogen) atoms. The highest BCUT2D eigenvalue weighted by atomic mass is 19.1. The lowest BCUT2D eigenvalue weighted by Gasteiger charge is -2.24. The topological polar surface area (TPSA) is 64.3 Å². The lowest BCUT2D eigenvalue weighted by molar-refractivity contribution is -0.116. The van der Waals surface area contributed by atoms with E-state index in [1.54, 1.807) is 0 Å². The minimum absolute atomic E-state index is 0.0344. The van der Waals surface area contributed by atoms with E-state index in [2.05, 4.69) is 5.32 Å². The van der Waals surface area contributed by atoms with E-state index in [1.165, 1.54) is 37.5 Å². The van der Waals surface area contributed by atoms with E-state index in [4.69, 9.17) is 10.5 Å². The van der Waals surface area contributed by atoms with Crippen LogP contribution in [0, 0.1) is 11.7 Å². The van der Waals surface area contributed by atoms with Crippen molar-refractivity contribution in [2.45, 2.75) is 38.5 Å². The Bertz CT molecular complexity index is 475. The minimum Gasteiger partial charge on any atom is -0.396 e. The molecule has 1 aromatic carbocycles. The normalized spacial score (nSPS) is 14.7. The van der Waals surface area contributed by atoms with Gasteiger partial charge in [0.05, 0.1) is 5.69 Å². The van der Waals surface area contributed by atoms with Gasteiger partial charge >= 0.3 is 0 Å². The van der Waals surface area contributed by atoms with E-state index < -0.39 is 5.82 Å². The van der Waals surface area contributed by atoms with Crippen molar-refractivity contribution in [3.63, 3.8) is 0 Å². The molecule has 0 bridgehead atoms. The molecule has 0 spiro atoms. The van der Waals surface area contributed by atoms with Gasteiger partial charge in [-0.3, -0.25) is 4.79 Å². The van der Waals surface area contributed by atoms with Gasteiger partial charge in [-0.25, -0.2) is 4.39 Å². The Labute approximate surface area is 124 Å². The third-order valence-corrected chi connectivity index (χ3v) is 3.87. The predicted octanol–water partition coefficient (Wildman–Crippen LogP) is 3.33. The van der Waals surface area contributed by atoms with E-state index in [0.717, 1.165) is 18.9 Å². The second-order valence-electron chi connectivity index (χ2n) is 5.59. The second-order valence-corrected chi connectivity index (χ2v) is 5.59. The number of carbonyl (C=O) groups excluding carboxylic acids is 1. The third kappa shape index (κ3) is 5.34. The molecule has 116 valence electrons. The summed E-state index contributed by atoms with van der Waals surface area (Å²) in [5.41, 5.74) is 6.00. The molecule has 1 saturated carbocycles. The number of hydrogen-bond donors (Lipinski definition) is 2. The fourth-order valence-corrected chi connectivity index (χ4v) is 2.31. The summed E-state index contributed by atoms with van der Waals surface area (Å²) < 4.78 is 18.5. The average molecular weight is 294 g/mol. The molecular formula is C16H23FN2O2. The van der Waals surface area contributed by atoms with Crippen molar-refractivity contribution in [2.24, 2.45) is 5.92 Å². The molecule has 1 aliphatic rings. The maximum absolute atomic E-state index is 13.0. The first-order valence-electron chi connectivity index (χ1n) is 7.58. The third-order valence-electron chi connectivity index (χ3n) is 3.87. The number of anilines is 2. The molecule has 0 unspecified atom stereocenters. The van der Waals surface area contributed by atoms with Crippen molar-refractivity contribution in [2.75, 3.05) is 24.3 Å². The summed E-state index contributed by atoms with van der Waals surface area (Å²) in [6.07, 6.45) is 6.26. The molecule has 1 amide bonds. The predicted molar refractivity (Wildman–Crippen MR) is 81.5 cm³/mol. The van der Waals surface area contributed by atoms with E-state index >= 15 is 0 Å². The summed E-state index contributed by atoms with van der Waals surface area (Å²) in [5, 5.41) is 2.70. The standard InChI is InChI=1S/C16H23FN2O2/c17-14-7-6-13(11-15(14)18)19-16(20)5-2-9-21-10-8-12-3-1-4-12/h6-7,11-12H,1-5,8-10,18H2,(H,19,20). The molecule has 0 heterocycles. The molecule has 2 rings (SSSR count). The van der Waals surface area contributed by atoms with E-state index in [0.29, 0.717) is 25.1 Å². The molecule has 0 aromatic heterocycles. The van der Waals surface area contributed by atoms with Gasteiger partial charge in [0.15, 0.2) is 0 Å². The lowest BCUT2D eigenvalue weighted by Crippen LogP contribution is -2.15. The van der Waals surface area contributed by atoms with Crippen LogP contribution in [0.3, 0.4) is 0 Å². The van der Waals surface area contributed by atoms with Crippen LogP contribution in [-0.4, -0.2) is 19.1 Å². The zero-order chi connectivity index (χ0) is 15.1. The average Bonchev–Trinajstić information content (AvgIpc) is 2.40. The molecule has 1 aliphatic carbocycles. The van der Waals surface area contributed by atoms with Crippen molar-refractivity contribution in [1.82, 2.24) is 0 Å². The highest BCUT2D eigenvalue weighted by Crippen LogP contribution is 2.29. The van der Waals surface area contributed by atoms with Crippen molar-refractivity contribution in [3.8, 4) is 0 Å². The quantitative estimate of drug-likeness (QED) is 0.571.